The summed E-state index contributed by atoms with van der Waals surface area (Å²) >= 11 is 1.28. The molecule has 0 atom stereocenters. The Morgan fingerprint density at radius 2 is 2.10 bits per heavy atom. The molecule has 0 amide bonds. The van der Waals surface area contributed by atoms with E-state index < -0.39 is 0 Å². The van der Waals surface area contributed by atoms with Crippen LogP contribution in [0.25, 0.3) is 0 Å². The van der Waals surface area contributed by atoms with Gasteiger partial charge in [-0.3, -0.25) is 0 Å². The van der Waals surface area contributed by atoms with Gasteiger partial charge in [0.15, 0.2) is 5.16 Å². The molecule has 3 nitrogen and oxygen atoms in total. The molecular formula is C16H20FN3S. The van der Waals surface area contributed by atoms with E-state index in [0.29, 0.717) is 22.5 Å². The zero-order valence-corrected chi connectivity index (χ0v) is 13.4. The van der Waals surface area contributed by atoms with E-state index in [2.05, 4.69) is 29.1 Å². The Labute approximate surface area is 129 Å². The summed E-state index contributed by atoms with van der Waals surface area (Å²) in [6, 6.07) is 6.98. The summed E-state index contributed by atoms with van der Waals surface area (Å²) in [6.07, 6.45) is 1.70. The zero-order chi connectivity index (χ0) is 15.2. The van der Waals surface area contributed by atoms with Crippen molar-refractivity contribution in [1.29, 1.82) is 0 Å². The SMILES string of the molecule is Cc1ccnc(Sc2c(F)cccc2CNCC(C)C)n1. The molecule has 0 unspecified atom stereocenters. The highest BCUT2D eigenvalue weighted by Crippen LogP contribution is 2.30. The molecule has 0 fully saturated rings. The molecule has 2 rings (SSSR count). The van der Waals surface area contributed by atoms with E-state index in [0.717, 1.165) is 17.8 Å². The lowest BCUT2D eigenvalue weighted by Crippen LogP contribution is -2.19. The minimum absolute atomic E-state index is 0.228. The zero-order valence-electron chi connectivity index (χ0n) is 12.6. The average molecular weight is 305 g/mol. The van der Waals surface area contributed by atoms with E-state index in [1.807, 2.05) is 19.1 Å². The third-order valence-electron chi connectivity index (χ3n) is 2.88. The Balaban J connectivity index is 2.17. The maximum Gasteiger partial charge on any atom is 0.192 e. The predicted molar refractivity (Wildman–Crippen MR) is 83.8 cm³/mol. The highest BCUT2D eigenvalue weighted by molar-refractivity contribution is 7.99. The van der Waals surface area contributed by atoms with Gasteiger partial charge in [-0.2, -0.15) is 0 Å². The van der Waals surface area contributed by atoms with Gasteiger partial charge in [0.2, 0.25) is 0 Å². The molecule has 0 saturated carbocycles. The molecule has 0 aliphatic carbocycles. The van der Waals surface area contributed by atoms with Gasteiger partial charge in [-0.25, -0.2) is 14.4 Å². The van der Waals surface area contributed by atoms with Crippen LogP contribution in [0.2, 0.25) is 0 Å². The van der Waals surface area contributed by atoms with E-state index in [4.69, 9.17) is 0 Å². The lowest BCUT2D eigenvalue weighted by Gasteiger charge is -2.12. The second-order valence-electron chi connectivity index (χ2n) is 5.34. The Morgan fingerprint density at radius 3 is 2.81 bits per heavy atom. The van der Waals surface area contributed by atoms with Crippen molar-refractivity contribution in [2.75, 3.05) is 6.54 Å². The van der Waals surface area contributed by atoms with Crippen molar-refractivity contribution >= 4 is 11.8 Å². The van der Waals surface area contributed by atoms with Gasteiger partial charge in [0.25, 0.3) is 0 Å². The summed E-state index contributed by atoms with van der Waals surface area (Å²) in [5, 5.41) is 3.92. The first-order valence-electron chi connectivity index (χ1n) is 7.02. The maximum absolute atomic E-state index is 14.1. The normalized spacial score (nSPS) is 11.1. The quantitative estimate of drug-likeness (QED) is 0.823. The van der Waals surface area contributed by atoms with Gasteiger partial charge in [0.1, 0.15) is 5.82 Å². The van der Waals surface area contributed by atoms with Crippen LogP contribution >= 0.6 is 11.8 Å². The third-order valence-corrected chi connectivity index (χ3v) is 3.92. The number of benzene rings is 1. The molecule has 0 spiro atoms. The topological polar surface area (TPSA) is 37.8 Å². The summed E-state index contributed by atoms with van der Waals surface area (Å²) in [4.78, 5) is 9.11. The molecule has 112 valence electrons. The van der Waals surface area contributed by atoms with Crippen LogP contribution in [0.4, 0.5) is 4.39 Å². The van der Waals surface area contributed by atoms with Crippen molar-refractivity contribution in [3.05, 3.63) is 47.5 Å². The molecule has 0 aliphatic rings. The molecule has 5 heteroatoms. The van der Waals surface area contributed by atoms with Crippen molar-refractivity contribution in [3.8, 4) is 0 Å². The smallest absolute Gasteiger partial charge is 0.192 e. The molecule has 21 heavy (non-hydrogen) atoms. The van der Waals surface area contributed by atoms with Gasteiger partial charge >= 0.3 is 0 Å². The van der Waals surface area contributed by atoms with Crippen LogP contribution in [-0.2, 0) is 6.54 Å². The van der Waals surface area contributed by atoms with Crippen LogP contribution in [0, 0.1) is 18.7 Å². The minimum atomic E-state index is -0.228. The number of hydrogen-bond acceptors (Lipinski definition) is 4. The number of halogens is 1. The molecule has 1 heterocycles. The summed E-state index contributed by atoms with van der Waals surface area (Å²) in [5.74, 6) is 0.337. The van der Waals surface area contributed by atoms with E-state index in [1.54, 1.807) is 12.3 Å². The highest BCUT2D eigenvalue weighted by Gasteiger charge is 2.12. The molecule has 2 aromatic rings. The second-order valence-corrected chi connectivity index (χ2v) is 6.31. The molecule has 0 aliphatic heterocycles. The maximum atomic E-state index is 14.1. The Morgan fingerprint density at radius 1 is 1.29 bits per heavy atom. The highest BCUT2D eigenvalue weighted by atomic mass is 32.2. The van der Waals surface area contributed by atoms with Crippen molar-refractivity contribution in [1.82, 2.24) is 15.3 Å². The number of hydrogen-bond donors (Lipinski definition) is 1. The standard InChI is InChI=1S/C16H20FN3S/c1-11(2)9-18-10-13-5-4-6-14(17)15(13)21-16-19-8-7-12(3)20-16/h4-8,11,18H,9-10H2,1-3H3. The lowest BCUT2D eigenvalue weighted by molar-refractivity contribution is 0.543. The predicted octanol–water partition coefficient (Wildman–Crippen LogP) is 3.82. The fourth-order valence-electron chi connectivity index (χ4n) is 1.87. The van der Waals surface area contributed by atoms with Crippen molar-refractivity contribution in [2.45, 2.75) is 37.4 Å². The molecule has 1 aromatic carbocycles. The molecule has 1 N–H and O–H groups in total. The van der Waals surface area contributed by atoms with Crippen LogP contribution < -0.4 is 5.32 Å². The Hall–Kier alpha value is -1.46. The summed E-state index contributed by atoms with van der Waals surface area (Å²) < 4.78 is 14.1. The molecule has 0 bridgehead atoms. The molecular weight excluding hydrogens is 285 g/mol. The number of nitrogens with one attached hydrogen (secondary N) is 1. The van der Waals surface area contributed by atoms with Crippen LogP contribution in [0.15, 0.2) is 40.5 Å². The summed E-state index contributed by atoms with van der Waals surface area (Å²) in [6.45, 7) is 7.74. The van der Waals surface area contributed by atoms with Gasteiger partial charge < -0.3 is 5.32 Å². The molecule has 1 aromatic heterocycles. The Kier molecular flexibility index (Phi) is 5.70. The van der Waals surface area contributed by atoms with Crippen LogP contribution in [0.5, 0.6) is 0 Å². The van der Waals surface area contributed by atoms with Crippen LogP contribution in [-0.4, -0.2) is 16.5 Å². The summed E-state index contributed by atoms with van der Waals surface area (Å²) in [7, 11) is 0. The number of aryl methyl sites for hydroxylation is 1. The van der Waals surface area contributed by atoms with E-state index >= 15 is 0 Å². The van der Waals surface area contributed by atoms with Gasteiger partial charge in [-0.15, -0.1) is 0 Å². The van der Waals surface area contributed by atoms with Crippen molar-refractivity contribution in [2.24, 2.45) is 5.92 Å². The molecule has 0 saturated heterocycles. The van der Waals surface area contributed by atoms with Crippen LogP contribution in [0.1, 0.15) is 25.1 Å². The fourth-order valence-corrected chi connectivity index (χ4v) is 2.79. The van der Waals surface area contributed by atoms with Gasteiger partial charge in [-0.05, 0) is 48.8 Å². The van der Waals surface area contributed by atoms with Gasteiger partial charge in [0.05, 0.1) is 4.90 Å². The number of nitrogens with zero attached hydrogens (tertiary/aromatic N) is 2. The Bertz CT molecular complexity index is 602. The van der Waals surface area contributed by atoms with E-state index in [1.165, 1.54) is 17.8 Å². The van der Waals surface area contributed by atoms with E-state index in [9.17, 15) is 4.39 Å². The van der Waals surface area contributed by atoms with Gasteiger partial charge in [0, 0.05) is 18.4 Å². The van der Waals surface area contributed by atoms with Gasteiger partial charge in [-0.1, -0.05) is 26.0 Å². The summed E-state index contributed by atoms with van der Waals surface area (Å²) in [5.41, 5.74) is 1.81. The minimum Gasteiger partial charge on any atom is -0.312 e. The van der Waals surface area contributed by atoms with Crippen LogP contribution in [0.3, 0.4) is 0 Å². The first-order chi connectivity index (χ1) is 10.1. The monoisotopic (exact) mass is 305 g/mol. The first kappa shape index (κ1) is 15.9. The first-order valence-corrected chi connectivity index (χ1v) is 7.83. The number of rotatable bonds is 6. The fraction of sp³-hybridized carbons (Fsp3) is 0.375. The average Bonchev–Trinajstić information content (AvgIpc) is 2.42. The van der Waals surface area contributed by atoms with E-state index in [-0.39, 0.29) is 5.82 Å². The number of aromatic nitrogens is 2. The largest absolute Gasteiger partial charge is 0.312 e. The molecule has 0 radical (unpaired) electrons. The lowest BCUT2D eigenvalue weighted by atomic mass is 10.2. The van der Waals surface area contributed by atoms with Crippen molar-refractivity contribution in [3.63, 3.8) is 0 Å². The van der Waals surface area contributed by atoms with Crippen molar-refractivity contribution < 1.29 is 4.39 Å². The second kappa shape index (κ2) is 7.52. The third kappa shape index (κ3) is 4.79.